The molecule has 2 aliphatic heterocycles. The van der Waals surface area contributed by atoms with Crippen LogP contribution >= 0.6 is 7.14 Å². The fourth-order valence-electron chi connectivity index (χ4n) is 10.3. The third-order valence-electron chi connectivity index (χ3n) is 13.7. The number of imidazole rings is 1. The fraction of sp³-hybridized carbons (Fsp3) is 0.383. The van der Waals surface area contributed by atoms with E-state index < -0.39 is 24.5 Å². The van der Waals surface area contributed by atoms with Crippen LogP contribution in [0.25, 0.3) is 28.1 Å². The molecule has 0 spiro atoms. The number of fused-ring (bicyclic) bond motifs is 2. The quantitative estimate of drug-likeness (QED) is 0.157. The molecule has 7 aromatic rings. The standard InChI is InChI=1S/C47H50FN8O6P/c1-26-20-34(9-11-39(26)63(6,7)60)53-16-17-54(46(53)59)42-40-30(5)52(15-12-36(40)50-56(42)35-21-27(2)41(48)28(3)22-35)43(57)38-24-33-23-32(31-13-18-61-19-14-31)8-10-37(33)55(38)47(25-29(47)4)44-49-45(58)62-51-44/h8-11,16-17,20-24,29-31H,12-15,18-19,25H2,1-7H3,(H,49,51,58)/t29-,30-,47-/m0/s1. The molecule has 0 radical (unpaired) electrons. The van der Waals surface area contributed by atoms with Crippen LogP contribution in [0.15, 0.2) is 81.1 Å². The summed E-state index contributed by atoms with van der Waals surface area (Å²) >= 11 is 0. The summed E-state index contributed by atoms with van der Waals surface area (Å²) in [5.41, 5.74) is 5.57. The Bertz CT molecular complexity index is 3150. The lowest BCUT2D eigenvalue weighted by molar-refractivity contribution is 0.0663. The van der Waals surface area contributed by atoms with Crippen molar-refractivity contribution in [2.75, 3.05) is 33.1 Å². The van der Waals surface area contributed by atoms with Crippen LogP contribution in [-0.4, -0.2) is 77.5 Å². The third kappa shape index (κ3) is 6.53. The lowest BCUT2D eigenvalue weighted by Gasteiger charge is -2.34. The van der Waals surface area contributed by atoms with Gasteiger partial charge in [-0.25, -0.2) is 18.7 Å². The molecule has 1 amide bonds. The van der Waals surface area contributed by atoms with Gasteiger partial charge in [0.2, 0.25) is 0 Å². The molecule has 326 valence electrons. The summed E-state index contributed by atoms with van der Waals surface area (Å²) in [6.45, 7) is 14.5. The van der Waals surface area contributed by atoms with Gasteiger partial charge in [0.25, 0.3) is 5.91 Å². The van der Waals surface area contributed by atoms with Crippen molar-refractivity contribution in [2.24, 2.45) is 5.92 Å². The minimum atomic E-state index is -2.56. The summed E-state index contributed by atoms with van der Waals surface area (Å²) < 4.78 is 45.6. The van der Waals surface area contributed by atoms with Gasteiger partial charge in [0.1, 0.15) is 30.0 Å². The van der Waals surface area contributed by atoms with E-state index in [2.05, 4.69) is 35.3 Å². The molecule has 4 aromatic heterocycles. The van der Waals surface area contributed by atoms with Crippen molar-refractivity contribution in [3.63, 3.8) is 0 Å². The van der Waals surface area contributed by atoms with E-state index in [0.717, 1.165) is 40.3 Å². The maximum absolute atomic E-state index is 15.5. The summed E-state index contributed by atoms with van der Waals surface area (Å²) in [6.07, 6.45) is 6.23. The number of benzene rings is 3. The average molecular weight is 873 g/mol. The molecule has 14 nitrogen and oxygen atoms in total. The second-order valence-corrected chi connectivity index (χ2v) is 21.3. The van der Waals surface area contributed by atoms with Gasteiger partial charge in [-0.2, -0.15) is 5.10 Å². The molecule has 2 fully saturated rings. The van der Waals surface area contributed by atoms with E-state index in [1.165, 1.54) is 14.7 Å². The second-order valence-electron chi connectivity index (χ2n) is 18.1. The van der Waals surface area contributed by atoms with Gasteiger partial charge in [0.05, 0.1) is 23.1 Å². The van der Waals surface area contributed by atoms with Crippen molar-refractivity contribution in [1.82, 2.24) is 38.5 Å². The Balaban J connectivity index is 1.12. The highest BCUT2D eigenvalue weighted by molar-refractivity contribution is 7.70. The minimum Gasteiger partial charge on any atom is -0.381 e. The molecule has 0 bridgehead atoms. The Labute approximate surface area is 362 Å². The first kappa shape index (κ1) is 41.0. The van der Waals surface area contributed by atoms with Gasteiger partial charge in [-0.15, -0.1) is 0 Å². The summed E-state index contributed by atoms with van der Waals surface area (Å²) in [6, 6.07) is 16.7. The smallest absolute Gasteiger partial charge is 0.381 e. The molecule has 3 aliphatic rings. The van der Waals surface area contributed by atoms with E-state index in [1.54, 1.807) is 62.5 Å². The molecule has 3 atom stereocenters. The molecule has 0 unspecified atom stereocenters. The van der Waals surface area contributed by atoms with Gasteiger partial charge in [-0.05, 0) is 143 Å². The third-order valence-corrected chi connectivity index (χ3v) is 15.3. The molecule has 63 heavy (non-hydrogen) atoms. The molecular weight excluding hydrogens is 823 g/mol. The molecule has 16 heteroatoms. The number of nitrogens with zero attached hydrogens (tertiary/aromatic N) is 7. The highest BCUT2D eigenvalue weighted by atomic mass is 31.2. The first-order valence-electron chi connectivity index (χ1n) is 21.5. The van der Waals surface area contributed by atoms with Crippen molar-refractivity contribution >= 4 is 29.3 Å². The Morgan fingerprint density at radius 1 is 0.921 bits per heavy atom. The first-order chi connectivity index (χ1) is 30.1. The predicted molar refractivity (Wildman–Crippen MR) is 238 cm³/mol. The number of hydrogen-bond donors (Lipinski definition) is 1. The average Bonchev–Trinajstić information content (AvgIpc) is 3.75. The molecule has 1 saturated carbocycles. The molecule has 6 heterocycles. The number of amides is 1. The number of hydrogen-bond acceptors (Lipinski definition) is 8. The van der Waals surface area contributed by atoms with Crippen molar-refractivity contribution in [3.05, 3.63) is 139 Å². The van der Waals surface area contributed by atoms with Crippen LogP contribution in [0.2, 0.25) is 0 Å². The summed E-state index contributed by atoms with van der Waals surface area (Å²) in [7, 11) is -2.56. The van der Waals surface area contributed by atoms with Crippen molar-refractivity contribution < 1.29 is 23.0 Å². The highest BCUT2D eigenvalue weighted by Gasteiger charge is 2.59. The zero-order valence-corrected chi connectivity index (χ0v) is 37.3. The van der Waals surface area contributed by atoms with Crippen LogP contribution in [0.1, 0.15) is 94.9 Å². The van der Waals surface area contributed by atoms with Crippen LogP contribution in [0.3, 0.4) is 0 Å². The van der Waals surface area contributed by atoms with Crippen molar-refractivity contribution in [3.8, 4) is 17.2 Å². The van der Waals surface area contributed by atoms with Crippen LogP contribution in [0, 0.1) is 32.5 Å². The lowest BCUT2D eigenvalue weighted by atomic mass is 9.91. The number of nitrogens with one attached hydrogen (secondary N) is 1. The number of ether oxygens (including phenoxy) is 1. The molecule has 3 aromatic carbocycles. The first-order valence-corrected chi connectivity index (χ1v) is 24.1. The summed E-state index contributed by atoms with van der Waals surface area (Å²) in [4.78, 5) is 47.2. The number of carbonyl (C=O) groups excluding carboxylic acids is 1. The molecule has 1 N–H and O–H groups in total. The van der Waals surface area contributed by atoms with E-state index in [1.807, 2.05) is 41.5 Å². The van der Waals surface area contributed by atoms with Gasteiger partial charge in [-0.3, -0.25) is 23.4 Å². The number of aromatic nitrogens is 7. The SMILES string of the molecule is Cc1cc(-n2ccn(-c3c4c(nn3-c3cc(C)c(F)c(C)c3)CCN(C(=O)c3cc5cc(C6CCOCC6)ccc5n3[C@@]3(c5noc(=O)[nH]5)C[C@@H]3C)[C@H]4C)c2=O)ccc1P(C)(C)=O. The normalized spacial score (nSPS) is 20.4. The zero-order valence-electron chi connectivity index (χ0n) is 36.4. The number of rotatable bonds is 8. The Hall–Kier alpha value is -6.05. The number of aromatic amines is 1. The van der Waals surface area contributed by atoms with Crippen molar-refractivity contribution in [2.45, 2.75) is 77.8 Å². The van der Waals surface area contributed by atoms with Crippen LogP contribution in [-0.2, 0) is 21.3 Å². The minimum absolute atomic E-state index is 0.0257. The van der Waals surface area contributed by atoms with Gasteiger partial charge in [-0.1, -0.05) is 18.1 Å². The zero-order chi connectivity index (χ0) is 44.3. The van der Waals surface area contributed by atoms with Crippen LogP contribution in [0.5, 0.6) is 0 Å². The van der Waals surface area contributed by atoms with Crippen LogP contribution < -0.4 is 16.8 Å². The molecule has 10 rings (SSSR count). The Morgan fingerprint density at radius 2 is 1.62 bits per heavy atom. The van der Waals surface area contributed by atoms with Gasteiger partial charge < -0.3 is 18.8 Å². The van der Waals surface area contributed by atoms with Crippen molar-refractivity contribution in [1.29, 1.82) is 0 Å². The van der Waals surface area contributed by atoms with Gasteiger partial charge >= 0.3 is 11.4 Å². The van der Waals surface area contributed by atoms with E-state index in [4.69, 9.17) is 14.4 Å². The van der Waals surface area contributed by atoms with E-state index in [0.29, 0.717) is 83.9 Å². The second kappa shape index (κ2) is 14.8. The molecular formula is C47H50FN8O6P. The number of halogens is 1. The lowest BCUT2D eigenvalue weighted by Crippen LogP contribution is -2.41. The monoisotopic (exact) mass is 872 g/mol. The number of carbonyl (C=O) groups is 1. The number of H-pyrrole nitrogens is 1. The van der Waals surface area contributed by atoms with Gasteiger partial charge in [0, 0.05) is 60.3 Å². The van der Waals surface area contributed by atoms with E-state index in [-0.39, 0.29) is 23.3 Å². The molecule has 1 aliphatic carbocycles. The van der Waals surface area contributed by atoms with E-state index in [9.17, 15) is 14.2 Å². The Kier molecular flexibility index (Phi) is 9.61. The van der Waals surface area contributed by atoms with Crippen LogP contribution in [0.4, 0.5) is 4.39 Å². The maximum Gasteiger partial charge on any atom is 0.438 e. The molecule has 1 saturated heterocycles. The highest BCUT2D eigenvalue weighted by Crippen LogP contribution is 2.56. The number of aryl methyl sites for hydroxylation is 3. The van der Waals surface area contributed by atoms with Gasteiger partial charge in [0.15, 0.2) is 5.82 Å². The maximum atomic E-state index is 15.5. The fourth-order valence-corrected chi connectivity index (χ4v) is 11.7. The Morgan fingerprint density at radius 3 is 2.27 bits per heavy atom. The largest absolute Gasteiger partial charge is 0.438 e. The predicted octanol–water partition coefficient (Wildman–Crippen LogP) is 7.19. The topological polar surface area (TPSA) is 155 Å². The van der Waals surface area contributed by atoms with E-state index >= 15 is 9.18 Å². The summed E-state index contributed by atoms with van der Waals surface area (Å²) in [5, 5.41) is 10.9. The summed E-state index contributed by atoms with van der Waals surface area (Å²) in [5.74, 6) is -0.0278.